The maximum atomic E-state index is 9.13. The first-order valence-corrected chi connectivity index (χ1v) is 5.63. The lowest BCUT2D eigenvalue weighted by Gasteiger charge is -2.32. The molecule has 0 N–H and O–H groups in total. The number of hydrogen-bond acceptors (Lipinski definition) is 3. The second kappa shape index (κ2) is 3.23. The topological polar surface area (TPSA) is 42.2 Å². The molecule has 1 atom stereocenters. The van der Waals surface area contributed by atoms with Crippen LogP contribution in [0.15, 0.2) is 0 Å². The molecule has 0 aromatic rings. The Balaban J connectivity index is 2.11. The maximum Gasteiger partial charge on any atom is 0.476 e. The van der Waals surface area contributed by atoms with E-state index in [4.69, 9.17) is 14.6 Å². The van der Waals surface area contributed by atoms with Crippen molar-refractivity contribution in [3.63, 3.8) is 0 Å². The molecule has 3 nitrogen and oxygen atoms in total. The molecule has 1 heterocycles. The highest BCUT2D eigenvalue weighted by molar-refractivity contribution is 6.48. The minimum absolute atomic E-state index is 0.0916. The molecule has 2 aliphatic rings. The summed E-state index contributed by atoms with van der Waals surface area (Å²) >= 11 is 0. The molecule has 1 aliphatic carbocycles. The molecule has 4 heteroatoms. The van der Waals surface area contributed by atoms with E-state index in [1.807, 2.05) is 27.7 Å². The molecule has 1 aliphatic heterocycles. The molecule has 1 saturated carbocycles. The van der Waals surface area contributed by atoms with E-state index < -0.39 is 0 Å². The Kier molecular flexibility index (Phi) is 2.36. The summed E-state index contributed by atoms with van der Waals surface area (Å²) in [5.41, 5.74) is -0.636. The van der Waals surface area contributed by atoms with Gasteiger partial charge in [0.05, 0.1) is 23.1 Å². The van der Waals surface area contributed by atoms with Crippen molar-refractivity contribution in [2.45, 2.75) is 57.6 Å². The molecule has 0 radical (unpaired) electrons. The van der Waals surface area contributed by atoms with Crippen LogP contribution in [0.5, 0.6) is 0 Å². The zero-order chi connectivity index (χ0) is 11.3. The monoisotopic (exact) mass is 207 g/mol. The molecule has 2 fully saturated rings. The van der Waals surface area contributed by atoms with E-state index in [0.717, 1.165) is 12.8 Å². The van der Waals surface area contributed by atoms with Gasteiger partial charge in [-0.05, 0) is 46.5 Å². The van der Waals surface area contributed by atoms with Crippen molar-refractivity contribution in [3.8, 4) is 6.07 Å². The average Bonchev–Trinajstić information content (AvgIpc) is 2.83. The van der Waals surface area contributed by atoms with Crippen LogP contribution in [0, 0.1) is 17.2 Å². The van der Waals surface area contributed by atoms with Crippen LogP contribution in [0.3, 0.4) is 0 Å². The number of hydrogen-bond donors (Lipinski definition) is 0. The fraction of sp³-hybridized carbons (Fsp3) is 0.909. The maximum absolute atomic E-state index is 9.13. The van der Waals surface area contributed by atoms with E-state index in [1.165, 1.54) is 0 Å². The molecule has 1 unspecified atom stereocenters. The van der Waals surface area contributed by atoms with Crippen molar-refractivity contribution in [1.82, 2.24) is 0 Å². The van der Waals surface area contributed by atoms with Gasteiger partial charge in [-0.3, -0.25) is 0 Å². The van der Waals surface area contributed by atoms with Gasteiger partial charge in [-0.15, -0.1) is 0 Å². The van der Waals surface area contributed by atoms with Crippen LogP contribution in [0.1, 0.15) is 40.5 Å². The second-order valence-corrected chi connectivity index (χ2v) is 5.62. The molecule has 0 bridgehead atoms. The lowest BCUT2D eigenvalue weighted by Crippen LogP contribution is -2.41. The van der Waals surface area contributed by atoms with Crippen LogP contribution in [0.2, 0.25) is 5.82 Å². The van der Waals surface area contributed by atoms with Crippen molar-refractivity contribution >= 4 is 7.12 Å². The van der Waals surface area contributed by atoms with E-state index in [1.54, 1.807) is 0 Å². The van der Waals surface area contributed by atoms with E-state index >= 15 is 0 Å². The van der Waals surface area contributed by atoms with Crippen LogP contribution in [-0.4, -0.2) is 18.3 Å². The molecule has 0 aromatic carbocycles. The quantitative estimate of drug-likeness (QED) is 0.652. The Morgan fingerprint density at radius 2 is 1.67 bits per heavy atom. The van der Waals surface area contributed by atoms with Gasteiger partial charge in [0.25, 0.3) is 0 Å². The van der Waals surface area contributed by atoms with Gasteiger partial charge in [0.1, 0.15) is 0 Å². The molecule has 2 rings (SSSR count). The van der Waals surface area contributed by atoms with Crippen LogP contribution >= 0.6 is 0 Å². The van der Waals surface area contributed by atoms with Gasteiger partial charge < -0.3 is 9.31 Å². The Morgan fingerprint density at radius 1 is 1.20 bits per heavy atom. The van der Waals surface area contributed by atoms with Crippen LogP contribution < -0.4 is 0 Å². The summed E-state index contributed by atoms with van der Waals surface area (Å²) < 4.78 is 11.7. The Bertz CT molecular complexity index is 288. The van der Waals surface area contributed by atoms with Gasteiger partial charge in [-0.25, -0.2) is 0 Å². The number of nitrogens with zero attached hydrogens (tertiary/aromatic N) is 1. The summed E-state index contributed by atoms with van der Waals surface area (Å²) in [6.07, 6.45) is 2.28. The smallest absolute Gasteiger partial charge is 0.402 e. The predicted molar refractivity (Wildman–Crippen MR) is 58.2 cm³/mol. The minimum Gasteiger partial charge on any atom is -0.402 e. The van der Waals surface area contributed by atoms with Crippen molar-refractivity contribution in [1.29, 1.82) is 5.26 Å². The highest BCUT2D eigenvalue weighted by atomic mass is 16.7. The fourth-order valence-electron chi connectivity index (χ4n) is 1.88. The summed E-state index contributed by atoms with van der Waals surface area (Å²) in [6, 6.07) is 2.33. The van der Waals surface area contributed by atoms with Crippen LogP contribution in [-0.2, 0) is 9.31 Å². The van der Waals surface area contributed by atoms with E-state index in [0.29, 0.717) is 5.92 Å². The first kappa shape index (κ1) is 11.0. The number of nitriles is 1. The lowest BCUT2D eigenvalue weighted by molar-refractivity contribution is 0.00578. The molecule has 82 valence electrons. The third-order valence-electron chi connectivity index (χ3n) is 3.84. The van der Waals surface area contributed by atoms with Crippen molar-refractivity contribution < 1.29 is 9.31 Å². The van der Waals surface area contributed by atoms with Gasteiger partial charge in [0, 0.05) is 0 Å². The standard InChI is InChI=1S/C11H18BNO2/c1-10(2)11(3,4)15-12(14-10)9(7-13)8-5-6-8/h8-9H,5-6H2,1-4H3. The molecule has 0 amide bonds. The average molecular weight is 207 g/mol. The Labute approximate surface area is 91.9 Å². The molecular formula is C11H18BNO2. The van der Waals surface area contributed by atoms with Crippen molar-refractivity contribution in [2.75, 3.05) is 0 Å². The molecule has 0 spiro atoms. The first-order valence-electron chi connectivity index (χ1n) is 5.63. The van der Waals surface area contributed by atoms with Gasteiger partial charge in [-0.2, -0.15) is 5.26 Å². The Hall–Kier alpha value is -0.525. The SMILES string of the molecule is CC1(C)OB(C(C#N)C2CC2)OC1(C)C. The van der Waals surface area contributed by atoms with E-state index in [2.05, 4.69) is 6.07 Å². The summed E-state index contributed by atoms with van der Waals surface area (Å²) in [4.78, 5) is 0. The molecule has 1 saturated heterocycles. The zero-order valence-corrected chi connectivity index (χ0v) is 9.91. The fourth-order valence-corrected chi connectivity index (χ4v) is 1.88. The summed E-state index contributed by atoms with van der Waals surface area (Å²) in [5, 5.41) is 9.13. The summed E-state index contributed by atoms with van der Waals surface area (Å²) in [5.74, 6) is 0.399. The molecular weight excluding hydrogens is 189 g/mol. The summed E-state index contributed by atoms with van der Waals surface area (Å²) in [7, 11) is -0.340. The Morgan fingerprint density at radius 3 is 2.00 bits per heavy atom. The third kappa shape index (κ3) is 1.79. The van der Waals surface area contributed by atoms with Crippen LogP contribution in [0.25, 0.3) is 0 Å². The first-order chi connectivity index (χ1) is 6.87. The van der Waals surface area contributed by atoms with Gasteiger partial charge >= 0.3 is 7.12 Å². The van der Waals surface area contributed by atoms with Gasteiger partial charge in [-0.1, -0.05) is 0 Å². The van der Waals surface area contributed by atoms with Crippen molar-refractivity contribution in [3.05, 3.63) is 0 Å². The minimum atomic E-state index is -0.340. The zero-order valence-electron chi connectivity index (χ0n) is 9.91. The molecule has 0 aromatic heterocycles. The van der Waals surface area contributed by atoms with Crippen LogP contribution in [0.4, 0.5) is 0 Å². The highest BCUT2D eigenvalue weighted by Crippen LogP contribution is 2.47. The molecule has 15 heavy (non-hydrogen) atoms. The normalized spacial score (nSPS) is 29.9. The lowest BCUT2D eigenvalue weighted by atomic mass is 9.70. The predicted octanol–water partition coefficient (Wildman–Crippen LogP) is 2.38. The largest absolute Gasteiger partial charge is 0.476 e. The third-order valence-corrected chi connectivity index (χ3v) is 3.84. The second-order valence-electron chi connectivity index (χ2n) is 5.62. The van der Waals surface area contributed by atoms with Gasteiger partial charge in [0.15, 0.2) is 0 Å². The van der Waals surface area contributed by atoms with E-state index in [-0.39, 0.29) is 24.1 Å². The van der Waals surface area contributed by atoms with Crippen molar-refractivity contribution in [2.24, 2.45) is 5.92 Å². The van der Waals surface area contributed by atoms with E-state index in [9.17, 15) is 0 Å². The summed E-state index contributed by atoms with van der Waals surface area (Å²) in [6.45, 7) is 8.09. The highest BCUT2D eigenvalue weighted by Gasteiger charge is 2.56. The number of rotatable bonds is 2. The van der Waals surface area contributed by atoms with Gasteiger partial charge in [0.2, 0.25) is 0 Å².